The van der Waals surface area contributed by atoms with Gasteiger partial charge in [-0.2, -0.15) is 0 Å². The SMILES string of the molecule is CCC(SC1=Nc2ccccc2NC(CC(=O)OC)=C1)C(=O)Nc1ccccc1. The summed E-state index contributed by atoms with van der Waals surface area (Å²) >= 11 is 1.38. The van der Waals surface area contributed by atoms with E-state index in [2.05, 4.69) is 10.6 Å². The maximum atomic E-state index is 12.8. The van der Waals surface area contributed by atoms with Crippen LogP contribution < -0.4 is 10.6 Å². The predicted octanol–water partition coefficient (Wildman–Crippen LogP) is 4.74. The molecular formula is C22H23N3O3S. The lowest BCUT2D eigenvalue weighted by Crippen LogP contribution is -2.25. The molecule has 1 aliphatic heterocycles. The van der Waals surface area contributed by atoms with Crippen LogP contribution in [0.4, 0.5) is 17.1 Å². The molecule has 0 bridgehead atoms. The number of nitrogens with one attached hydrogen (secondary N) is 2. The number of benzene rings is 2. The van der Waals surface area contributed by atoms with Crippen LogP contribution in [0.3, 0.4) is 0 Å². The van der Waals surface area contributed by atoms with E-state index in [1.54, 1.807) is 6.08 Å². The normalized spacial score (nSPS) is 13.7. The number of carbonyl (C=O) groups is 2. The molecule has 2 aromatic rings. The largest absolute Gasteiger partial charge is 0.469 e. The minimum Gasteiger partial charge on any atom is -0.469 e. The van der Waals surface area contributed by atoms with Crippen LogP contribution >= 0.6 is 11.8 Å². The highest BCUT2D eigenvalue weighted by atomic mass is 32.2. The molecule has 6 nitrogen and oxygen atoms in total. The Hall–Kier alpha value is -3.06. The molecule has 0 radical (unpaired) electrons. The van der Waals surface area contributed by atoms with Gasteiger partial charge < -0.3 is 15.4 Å². The molecule has 150 valence electrons. The number of thioether (sulfide) groups is 1. The number of para-hydroxylation sites is 3. The van der Waals surface area contributed by atoms with E-state index in [1.165, 1.54) is 18.9 Å². The monoisotopic (exact) mass is 409 g/mol. The zero-order valence-electron chi connectivity index (χ0n) is 16.3. The number of hydrogen-bond acceptors (Lipinski definition) is 6. The molecule has 1 aliphatic rings. The van der Waals surface area contributed by atoms with E-state index in [-0.39, 0.29) is 23.5 Å². The minimum absolute atomic E-state index is 0.0835. The van der Waals surface area contributed by atoms with Crippen molar-refractivity contribution in [2.75, 3.05) is 17.7 Å². The summed E-state index contributed by atoms with van der Waals surface area (Å²) in [5, 5.41) is 6.53. The minimum atomic E-state index is -0.346. The summed E-state index contributed by atoms with van der Waals surface area (Å²) in [5.41, 5.74) is 2.99. The predicted molar refractivity (Wildman–Crippen MR) is 119 cm³/mol. The third-order valence-corrected chi connectivity index (χ3v) is 5.54. The molecule has 29 heavy (non-hydrogen) atoms. The maximum absolute atomic E-state index is 12.8. The summed E-state index contributed by atoms with van der Waals surface area (Å²) in [4.78, 5) is 29.3. The van der Waals surface area contributed by atoms with Gasteiger partial charge in [0.1, 0.15) is 0 Å². The molecule has 0 saturated carbocycles. The second-order valence-corrected chi connectivity index (χ2v) is 7.61. The van der Waals surface area contributed by atoms with E-state index in [9.17, 15) is 9.59 Å². The number of fused-ring (bicyclic) bond motifs is 1. The number of amides is 1. The van der Waals surface area contributed by atoms with Crippen LogP contribution in [0.1, 0.15) is 19.8 Å². The number of aliphatic imine (C=N–C) groups is 1. The van der Waals surface area contributed by atoms with E-state index in [0.29, 0.717) is 17.2 Å². The summed E-state index contributed by atoms with van der Waals surface area (Å²) < 4.78 is 4.79. The van der Waals surface area contributed by atoms with E-state index >= 15 is 0 Å². The zero-order valence-corrected chi connectivity index (χ0v) is 17.2. The number of nitrogens with zero attached hydrogens (tertiary/aromatic N) is 1. The number of esters is 1. The second kappa shape index (κ2) is 9.93. The van der Waals surface area contributed by atoms with Crippen molar-refractivity contribution >= 4 is 45.7 Å². The van der Waals surface area contributed by atoms with E-state index in [4.69, 9.17) is 9.73 Å². The number of carbonyl (C=O) groups excluding carboxylic acids is 2. The van der Waals surface area contributed by atoms with Gasteiger partial charge in [0, 0.05) is 11.4 Å². The Morgan fingerprint density at radius 1 is 1.14 bits per heavy atom. The van der Waals surface area contributed by atoms with Crippen molar-refractivity contribution in [2.45, 2.75) is 25.0 Å². The van der Waals surface area contributed by atoms with Gasteiger partial charge in [-0.25, -0.2) is 4.99 Å². The molecule has 3 rings (SSSR count). The average molecular weight is 410 g/mol. The summed E-state index contributed by atoms with van der Waals surface area (Å²) in [7, 11) is 1.36. The van der Waals surface area contributed by atoms with Gasteiger partial charge in [0.2, 0.25) is 5.91 Å². The Bertz CT molecular complexity index is 941. The van der Waals surface area contributed by atoms with Crippen LogP contribution in [-0.2, 0) is 14.3 Å². The van der Waals surface area contributed by atoms with Gasteiger partial charge in [0.05, 0.1) is 35.2 Å². The van der Waals surface area contributed by atoms with Crippen molar-refractivity contribution in [3.8, 4) is 0 Å². The molecule has 0 aliphatic carbocycles. The first-order valence-corrected chi connectivity index (χ1v) is 10.2. The lowest BCUT2D eigenvalue weighted by atomic mass is 10.2. The lowest BCUT2D eigenvalue weighted by Gasteiger charge is -2.15. The number of methoxy groups -OCH3 is 1. The van der Waals surface area contributed by atoms with Crippen molar-refractivity contribution in [1.29, 1.82) is 0 Å². The first-order valence-electron chi connectivity index (χ1n) is 9.33. The number of anilines is 2. The lowest BCUT2D eigenvalue weighted by molar-refractivity contribution is -0.139. The van der Waals surface area contributed by atoms with E-state index in [0.717, 1.165) is 17.1 Å². The van der Waals surface area contributed by atoms with Crippen LogP contribution in [0, 0.1) is 0 Å². The fourth-order valence-corrected chi connectivity index (χ4v) is 3.77. The van der Waals surface area contributed by atoms with Crippen LogP contribution in [0.5, 0.6) is 0 Å². The standard InChI is InChI=1S/C22H23N3O3S/c1-3-19(22(27)24-15-9-5-4-6-10-15)29-20-13-16(14-21(26)28-2)23-17-11-7-8-12-18(17)25-20/h4-13,19,23H,3,14H2,1-2H3,(H,24,27). The van der Waals surface area contributed by atoms with Gasteiger partial charge in [-0.3, -0.25) is 9.59 Å². The molecule has 1 unspecified atom stereocenters. The Morgan fingerprint density at radius 2 is 1.86 bits per heavy atom. The molecule has 2 N–H and O–H groups in total. The smallest absolute Gasteiger partial charge is 0.311 e. The zero-order chi connectivity index (χ0) is 20.6. The maximum Gasteiger partial charge on any atom is 0.311 e. The van der Waals surface area contributed by atoms with Crippen molar-refractivity contribution in [3.05, 3.63) is 66.4 Å². The molecule has 2 aromatic carbocycles. The van der Waals surface area contributed by atoms with Crippen LogP contribution in [-0.4, -0.2) is 29.3 Å². The van der Waals surface area contributed by atoms with Crippen molar-refractivity contribution < 1.29 is 14.3 Å². The van der Waals surface area contributed by atoms with Crippen LogP contribution in [0.15, 0.2) is 71.4 Å². The molecular weight excluding hydrogens is 386 g/mol. The number of rotatable bonds is 6. The third kappa shape index (κ3) is 5.71. The molecule has 1 amide bonds. The Balaban J connectivity index is 1.83. The Morgan fingerprint density at radius 3 is 2.59 bits per heavy atom. The van der Waals surface area contributed by atoms with E-state index in [1.807, 2.05) is 61.5 Å². The summed E-state index contributed by atoms with van der Waals surface area (Å²) in [5.74, 6) is -0.429. The highest BCUT2D eigenvalue weighted by Crippen LogP contribution is 2.32. The fraction of sp³-hybridized carbons (Fsp3) is 0.227. The van der Waals surface area contributed by atoms with Gasteiger partial charge >= 0.3 is 5.97 Å². The van der Waals surface area contributed by atoms with Gasteiger partial charge in [-0.05, 0) is 36.8 Å². The highest BCUT2D eigenvalue weighted by molar-refractivity contribution is 8.15. The van der Waals surface area contributed by atoms with Crippen LogP contribution in [0.25, 0.3) is 0 Å². The molecule has 1 atom stereocenters. The topological polar surface area (TPSA) is 79.8 Å². The summed E-state index contributed by atoms with van der Waals surface area (Å²) in [6.45, 7) is 1.96. The Kier molecular flexibility index (Phi) is 7.08. The first kappa shape index (κ1) is 20.7. The van der Waals surface area contributed by atoms with Gasteiger partial charge in [0.25, 0.3) is 0 Å². The summed E-state index contributed by atoms with van der Waals surface area (Å²) in [6, 6.07) is 17.0. The second-order valence-electron chi connectivity index (χ2n) is 6.38. The van der Waals surface area contributed by atoms with Gasteiger partial charge in [-0.15, -0.1) is 0 Å². The molecule has 0 saturated heterocycles. The van der Waals surface area contributed by atoms with Gasteiger partial charge in [0.15, 0.2) is 0 Å². The number of hydrogen-bond donors (Lipinski definition) is 2. The highest BCUT2D eigenvalue weighted by Gasteiger charge is 2.22. The molecule has 0 fully saturated rings. The molecule has 1 heterocycles. The van der Waals surface area contributed by atoms with E-state index < -0.39 is 0 Å². The Labute approximate surface area is 174 Å². The third-order valence-electron chi connectivity index (χ3n) is 4.26. The molecule has 0 aromatic heterocycles. The van der Waals surface area contributed by atoms with Crippen molar-refractivity contribution in [3.63, 3.8) is 0 Å². The quantitative estimate of drug-likeness (QED) is 0.674. The molecule has 7 heteroatoms. The van der Waals surface area contributed by atoms with Crippen molar-refractivity contribution in [2.24, 2.45) is 4.99 Å². The average Bonchev–Trinajstić information content (AvgIpc) is 2.90. The van der Waals surface area contributed by atoms with Crippen LogP contribution in [0.2, 0.25) is 0 Å². The fourth-order valence-electron chi connectivity index (χ4n) is 2.78. The molecule has 0 spiro atoms. The summed E-state index contributed by atoms with van der Waals surface area (Å²) in [6.07, 6.45) is 2.54. The van der Waals surface area contributed by atoms with Crippen molar-refractivity contribution in [1.82, 2.24) is 0 Å². The number of ether oxygens (including phenoxy) is 1. The van der Waals surface area contributed by atoms with Gasteiger partial charge in [-0.1, -0.05) is 49.0 Å². The first-order chi connectivity index (χ1) is 14.1.